The Balaban J connectivity index is 1.38. The van der Waals surface area contributed by atoms with E-state index in [2.05, 4.69) is 11.4 Å². The van der Waals surface area contributed by atoms with E-state index in [-0.39, 0.29) is 12.1 Å². The van der Waals surface area contributed by atoms with E-state index in [0.717, 1.165) is 35.2 Å². The lowest BCUT2D eigenvalue weighted by atomic mass is 10.1. The quantitative estimate of drug-likeness (QED) is 0.438. The topological polar surface area (TPSA) is 91.4 Å². The fourth-order valence-electron chi connectivity index (χ4n) is 4.16. The van der Waals surface area contributed by atoms with Crippen molar-refractivity contribution in [2.45, 2.75) is 18.9 Å². The maximum absolute atomic E-state index is 12.9. The standard InChI is InChI=1S/C26H22N4O3/c1-32-21-5-2-4-18(14-21)19-9-12-24-22(15-19)29-25(33-24)23-6-3-13-30(23)26(31)28-20-10-7-17(16-27)8-11-20/h2,4-5,7-12,14-15,23H,3,6,13H2,1H3,(H,28,31). The van der Waals surface area contributed by atoms with E-state index in [1.165, 1.54) is 0 Å². The normalized spacial score (nSPS) is 15.4. The van der Waals surface area contributed by atoms with Gasteiger partial charge >= 0.3 is 6.03 Å². The third-order valence-corrected chi connectivity index (χ3v) is 5.87. The van der Waals surface area contributed by atoms with Crippen LogP contribution in [-0.4, -0.2) is 29.6 Å². The second kappa shape index (κ2) is 8.67. The third kappa shape index (κ3) is 4.11. The van der Waals surface area contributed by atoms with Crippen LogP contribution in [0.3, 0.4) is 0 Å². The fourth-order valence-corrected chi connectivity index (χ4v) is 4.16. The number of rotatable bonds is 4. The smallest absolute Gasteiger partial charge is 0.322 e. The van der Waals surface area contributed by atoms with Crippen LogP contribution in [0.2, 0.25) is 0 Å². The van der Waals surface area contributed by atoms with Gasteiger partial charge < -0.3 is 19.4 Å². The number of oxazole rings is 1. The van der Waals surface area contributed by atoms with Crippen molar-refractivity contribution in [1.29, 1.82) is 5.26 Å². The van der Waals surface area contributed by atoms with Crippen LogP contribution in [0.1, 0.15) is 30.3 Å². The number of carbonyl (C=O) groups excluding carboxylic acids is 1. The number of likely N-dealkylation sites (tertiary alicyclic amines) is 1. The Bertz CT molecular complexity index is 1350. The van der Waals surface area contributed by atoms with Gasteiger partial charge in [-0.25, -0.2) is 9.78 Å². The molecule has 4 aromatic rings. The van der Waals surface area contributed by atoms with Crippen LogP contribution in [0, 0.1) is 11.3 Å². The van der Waals surface area contributed by atoms with Gasteiger partial charge in [0.15, 0.2) is 5.58 Å². The van der Waals surface area contributed by atoms with Gasteiger partial charge in [0.05, 0.1) is 18.7 Å². The zero-order valence-corrected chi connectivity index (χ0v) is 18.1. The minimum absolute atomic E-state index is 0.207. The molecule has 2 heterocycles. The van der Waals surface area contributed by atoms with E-state index in [1.54, 1.807) is 36.3 Å². The summed E-state index contributed by atoms with van der Waals surface area (Å²) >= 11 is 0. The first-order valence-corrected chi connectivity index (χ1v) is 10.8. The van der Waals surface area contributed by atoms with Crippen molar-refractivity contribution in [1.82, 2.24) is 9.88 Å². The molecule has 1 unspecified atom stereocenters. The minimum atomic E-state index is -0.226. The summed E-state index contributed by atoms with van der Waals surface area (Å²) in [5.41, 5.74) is 4.69. The van der Waals surface area contributed by atoms with Gasteiger partial charge in [-0.15, -0.1) is 0 Å². The average molecular weight is 438 g/mol. The van der Waals surface area contributed by atoms with E-state index >= 15 is 0 Å². The molecule has 1 saturated heterocycles. The van der Waals surface area contributed by atoms with Crippen LogP contribution in [0.4, 0.5) is 10.5 Å². The van der Waals surface area contributed by atoms with Crippen molar-refractivity contribution in [2.24, 2.45) is 0 Å². The number of nitrogens with one attached hydrogen (secondary N) is 1. The van der Waals surface area contributed by atoms with E-state index in [4.69, 9.17) is 19.4 Å². The van der Waals surface area contributed by atoms with Gasteiger partial charge in [-0.2, -0.15) is 5.26 Å². The number of methoxy groups -OCH3 is 1. The van der Waals surface area contributed by atoms with Crippen LogP contribution in [0.25, 0.3) is 22.2 Å². The van der Waals surface area contributed by atoms with E-state index < -0.39 is 0 Å². The lowest BCUT2D eigenvalue weighted by Gasteiger charge is -2.22. The number of fused-ring (bicyclic) bond motifs is 1. The molecular weight excluding hydrogens is 416 g/mol. The number of hydrogen-bond acceptors (Lipinski definition) is 5. The van der Waals surface area contributed by atoms with Crippen molar-refractivity contribution < 1.29 is 13.9 Å². The lowest BCUT2D eigenvalue weighted by Crippen LogP contribution is -2.34. The number of urea groups is 1. The number of hydrogen-bond donors (Lipinski definition) is 1. The first-order chi connectivity index (χ1) is 16.1. The fraction of sp³-hybridized carbons (Fsp3) is 0.192. The molecule has 0 bridgehead atoms. The highest BCUT2D eigenvalue weighted by Gasteiger charge is 2.33. The molecule has 1 aromatic heterocycles. The number of nitriles is 1. The number of benzene rings is 3. The van der Waals surface area contributed by atoms with Crippen LogP contribution in [0.5, 0.6) is 5.75 Å². The number of anilines is 1. The molecule has 5 rings (SSSR count). The first kappa shape index (κ1) is 20.6. The van der Waals surface area contributed by atoms with Gasteiger partial charge in [0, 0.05) is 12.2 Å². The number of aromatic nitrogens is 1. The summed E-state index contributed by atoms with van der Waals surface area (Å²) in [5.74, 6) is 1.34. The van der Waals surface area contributed by atoms with E-state index in [1.807, 2.05) is 42.5 Å². The summed E-state index contributed by atoms with van der Waals surface area (Å²) in [6, 6.07) is 22.2. The molecule has 7 nitrogen and oxygen atoms in total. The molecule has 1 N–H and O–H groups in total. The Morgan fingerprint density at radius 3 is 2.76 bits per heavy atom. The number of amides is 2. The maximum Gasteiger partial charge on any atom is 0.322 e. The zero-order valence-electron chi connectivity index (χ0n) is 18.1. The van der Waals surface area contributed by atoms with Crippen LogP contribution in [-0.2, 0) is 0 Å². The van der Waals surface area contributed by atoms with Crippen molar-refractivity contribution in [2.75, 3.05) is 19.0 Å². The van der Waals surface area contributed by atoms with Crippen molar-refractivity contribution >= 4 is 22.8 Å². The Morgan fingerprint density at radius 1 is 1.15 bits per heavy atom. The Morgan fingerprint density at radius 2 is 1.97 bits per heavy atom. The SMILES string of the molecule is COc1cccc(-c2ccc3oc(C4CCCN4C(=O)Nc4ccc(C#N)cc4)nc3c2)c1. The van der Waals surface area contributed by atoms with Gasteiger partial charge in [-0.1, -0.05) is 18.2 Å². The highest BCUT2D eigenvalue weighted by atomic mass is 16.5. The van der Waals surface area contributed by atoms with Gasteiger partial charge in [0.2, 0.25) is 5.89 Å². The summed E-state index contributed by atoms with van der Waals surface area (Å²) < 4.78 is 11.4. The van der Waals surface area contributed by atoms with Crippen molar-refractivity contribution in [3.8, 4) is 22.9 Å². The Hall–Kier alpha value is -4.31. The van der Waals surface area contributed by atoms with E-state index in [9.17, 15) is 4.79 Å². The van der Waals surface area contributed by atoms with Crippen LogP contribution >= 0.6 is 0 Å². The van der Waals surface area contributed by atoms with Gasteiger partial charge in [-0.05, 0) is 72.5 Å². The predicted octanol–water partition coefficient (Wildman–Crippen LogP) is 5.74. The molecule has 164 valence electrons. The van der Waals surface area contributed by atoms with Gasteiger partial charge in [-0.3, -0.25) is 0 Å². The monoisotopic (exact) mass is 438 g/mol. The average Bonchev–Trinajstić information content (AvgIpc) is 3.51. The summed E-state index contributed by atoms with van der Waals surface area (Å²) in [6.07, 6.45) is 1.66. The van der Waals surface area contributed by atoms with Crippen molar-refractivity contribution in [3.05, 3.63) is 78.2 Å². The maximum atomic E-state index is 12.9. The predicted molar refractivity (Wildman–Crippen MR) is 125 cm³/mol. The molecule has 0 spiro atoms. The zero-order chi connectivity index (χ0) is 22.8. The summed E-state index contributed by atoms with van der Waals surface area (Å²) in [6.45, 7) is 0.626. The largest absolute Gasteiger partial charge is 0.497 e. The molecule has 7 heteroatoms. The van der Waals surface area contributed by atoms with Crippen LogP contribution in [0.15, 0.2) is 71.1 Å². The van der Waals surface area contributed by atoms with E-state index in [0.29, 0.717) is 29.3 Å². The highest BCUT2D eigenvalue weighted by Crippen LogP contribution is 2.35. The molecule has 1 aliphatic heterocycles. The molecule has 0 aliphatic carbocycles. The molecule has 3 aromatic carbocycles. The van der Waals surface area contributed by atoms with Crippen molar-refractivity contribution in [3.63, 3.8) is 0 Å². The third-order valence-electron chi connectivity index (χ3n) is 5.87. The number of ether oxygens (including phenoxy) is 1. The van der Waals surface area contributed by atoms with Gasteiger partial charge in [0.25, 0.3) is 0 Å². The number of carbonyl (C=O) groups is 1. The van der Waals surface area contributed by atoms with Crippen LogP contribution < -0.4 is 10.1 Å². The first-order valence-electron chi connectivity index (χ1n) is 10.8. The molecule has 2 amide bonds. The highest BCUT2D eigenvalue weighted by molar-refractivity contribution is 5.90. The molecule has 1 aliphatic rings. The number of nitrogens with zero attached hydrogens (tertiary/aromatic N) is 3. The summed E-state index contributed by atoms with van der Waals surface area (Å²) in [7, 11) is 1.65. The summed E-state index contributed by atoms with van der Waals surface area (Å²) in [5, 5.41) is 11.8. The molecule has 0 saturated carbocycles. The molecule has 33 heavy (non-hydrogen) atoms. The lowest BCUT2D eigenvalue weighted by molar-refractivity contribution is 0.199. The second-order valence-corrected chi connectivity index (χ2v) is 7.94. The molecular formula is C26H22N4O3. The molecule has 1 atom stereocenters. The second-order valence-electron chi connectivity index (χ2n) is 7.94. The Labute approximate surface area is 191 Å². The molecule has 0 radical (unpaired) electrons. The van der Waals surface area contributed by atoms with Gasteiger partial charge in [0.1, 0.15) is 17.3 Å². The summed E-state index contributed by atoms with van der Waals surface area (Å²) in [4.78, 5) is 19.4. The molecule has 1 fully saturated rings. The Kier molecular flexibility index (Phi) is 5.41. The minimum Gasteiger partial charge on any atom is -0.497 e.